The van der Waals surface area contributed by atoms with Gasteiger partial charge in [-0.1, -0.05) is 5.16 Å². The van der Waals surface area contributed by atoms with Crippen LogP contribution in [0, 0.1) is 0 Å². The minimum Gasteiger partial charge on any atom is -0.371 e. The second kappa shape index (κ2) is 11.3. The van der Waals surface area contributed by atoms with Crippen molar-refractivity contribution in [3.8, 4) is 0 Å². The fraction of sp³-hybridized carbons (Fsp3) is 0.750. The number of nitrogens with zero attached hydrogens (tertiary/aromatic N) is 5. The standard InChI is InChI=1S/C16H28N6O3.HI/c1-5-17-16(22-9-7-21(8-10-22)13(4)23)18-11-14-19-15(20-25-14)12(3)24-6-2;/h12H,5-11H2,1-4H3,(H,17,18);1H. The third kappa shape index (κ3) is 6.38. The number of carbonyl (C=O) groups is 1. The van der Waals surface area contributed by atoms with Crippen LogP contribution in [0.15, 0.2) is 9.52 Å². The SMILES string of the molecule is CCNC(=NCc1nc(C(C)OCC)no1)N1CCN(C(C)=O)CC1.I. The molecule has 0 aromatic carbocycles. The summed E-state index contributed by atoms with van der Waals surface area (Å²) in [5.74, 6) is 1.90. The van der Waals surface area contributed by atoms with Crippen molar-refractivity contribution in [3.05, 3.63) is 11.7 Å². The molecule has 0 saturated carbocycles. The minimum absolute atomic E-state index is 0. The molecule has 0 bridgehead atoms. The zero-order chi connectivity index (χ0) is 18.2. The van der Waals surface area contributed by atoms with Crippen LogP contribution in [0.4, 0.5) is 0 Å². The second-order valence-electron chi connectivity index (χ2n) is 5.81. The van der Waals surface area contributed by atoms with Gasteiger partial charge in [-0.2, -0.15) is 4.98 Å². The van der Waals surface area contributed by atoms with Crippen LogP contribution in [0.25, 0.3) is 0 Å². The number of ether oxygens (including phenoxy) is 1. The van der Waals surface area contributed by atoms with Gasteiger partial charge in [0.15, 0.2) is 11.8 Å². The summed E-state index contributed by atoms with van der Waals surface area (Å²) >= 11 is 0. The Balaban J connectivity index is 0.00000338. The van der Waals surface area contributed by atoms with Gasteiger partial charge in [0.1, 0.15) is 12.6 Å². The maximum Gasteiger partial charge on any atom is 0.248 e. The summed E-state index contributed by atoms with van der Waals surface area (Å²) in [4.78, 5) is 24.3. The zero-order valence-electron chi connectivity index (χ0n) is 15.9. The number of halogens is 1. The summed E-state index contributed by atoms with van der Waals surface area (Å²) in [6.45, 7) is 12.0. The van der Waals surface area contributed by atoms with E-state index in [1.165, 1.54) is 0 Å². The molecule has 10 heteroatoms. The summed E-state index contributed by atoms with van der Waals surface area (Å²) < 4.78 is 10.7. The van der Waals surface area contributed by atoms with Crippen LogP contribution in [0.3, 0.4) is 0 Å². The van der Waals surface area contributed by atoms with Gasteiger partial charge in [0.25, 0.3) is 0 Å². The molecule has 0 radical (unpaired) electrons. The Hall–Kier alpha value is -1.43. The summed E-state index contributed by atoms with van der Waals surface area (Å²) in [5.41, 5.74) is 0. The number of nitrogens with one attached hydrogen (secondary N) is 1. The maximum atomic E-state index is 11.4. The van der Waals surface area contributed by atoms with E-state index < -0.39 is 0 Å². The van der Waals surface area contributed by atoms with E-state index in [1.807, 2.05) is 25.7 Å². The summed E-state index contributed by atoms with van der Waals surface area (Å²) in [6.07, 6.45) is -0.195. The Kier molecular flexibility index (Phi) is 9.84. The van der Waals surface area contributed by atoms with Crippen LogP contribution in [-0.4, -0.2) is 71.1 Å². The number of hydrogen-bond donors (Lipinski definition) is 1. The first-order chi connectivity index (χ1) is 12.0. The Morgan fingerprint density at radius 1 is 1.31 bits per heavy atom. The van der Waals surface area contributed by atoms with E-state index >= 15 is 0 Å². The van der Waals surface area contributed by atoms with E-state index in [-0.39, 0.29) is 36.0 Å². The molecule has 1 amide bonds. The van der Waals surface area contributed by atoms with E-state index in [0.717, 1.165) is 25.6 Å². The van der Waals surface area contributed by atoms with E-state index in [1.54, 1.807) is 6.92 Å². The molecule has 0 aliphatic carbocycles. The molecule has 2 rings (SSSR count). The van der Waals surface area contributed by atoms with Crippen LogP contribution in [0.2, 0.25) is 0 Å². The lowest BCUT2D eigenvalue weighted by atomic mass is 10.3. The Bertz CT molecular complexity index is 586. The number of rotatable bonds is 6. The first kappa shape index (κ1) is 22.6. The van der Waals surface area contributed by atoms with Crippen molar-refractivity contribution in [2.45, 2.75) is 40.3 Å². The van der Waals surface area contributed by atoms with Crippen LogP contribution in [0.1, 0.15) is 45.5 Å². The first-order valence-corrected chi connectivity index (χ1v) is 8.78. The molecule has 0 spiro atoms. The van der Waals surface area contributed by atoms with Gasteiger partial charge in [0, 0.05) is 46.3 Å². The highest BCUT2D eigenvalue weighted by molar-refractivity contribution is 14.0. The van der Waals surface area contributed by atoms with Crippen molar-refractivity contribution < 1.29 is 14.1 Å². The molecular formula is C16H29IN6O3. The topological polar surface area (TPSA) is 96.1 Å². The molecule has 1 N–H and O–H groups in total. The van der Waals surface area contributed by atoms with Crippen molar-refractivity contribution in [2.24, 2.45) is 4.99 Å². The molecule has 1 aromatic heterocycles. The monoisotopic (exact) mass is 480 g/mol. The molecule has 1 aliphatic rings. The predicted molar refractivity (Wildman–Crippen MR) is 108 cm³/mol. The molecule has 1 fully saturated rings. The number of aromatic nitrogens is 2. The lowest BCUT2D eigenvalue weighted by Crippen LogP contribution is -2.53. The molecule has 148 valence electrons. The quantitative estimate of drug-likeness (QED) is 0.374. The Morgan fingerprint density at radius 3 is 2.54 bits per heavy atom. The second-order valence-corrected chi connectivity index (χ2v) is 5.81. The van der Waals surface area contributed by atoms with Crippen LogP contribution >= 0.6 is 24.0 Å². The average Bonchev–Trinajstić information content (AvgIpc) is 3.08. The molecule has 9 nitrogen and oxygen atoms in total. The molecule has 1 saturated heterocycles. The van der Waals surface area contributed by atoms with Gasteiger partial charge in [-0.3, -0.25) is 4.79 Å². The van der Waals surface area contributed by atoms with Gasteiger partial charge in [-0.05, 0) is 20.8 Å². The van der Waals surface area contributed by atoms with Gasteiger partial charge in [0.05, 0.1) is 0 Å². The van der Waals surface area contributed by atoms with Gasteiger partial charge in [0.2, 0.25) is 11.8 Å². The van der Waals surface area contributed by atoms with E-state index in [2.05, 4.69) is 25.3 Å². The molecular weight excluding hydrogens is 451 g/mol. The number of guanidine groups is 1. The van der Waals surface area contributed by atoms with Crippen LogP contribution in [0.5, 0.6) is 0 Å². The van der Waals surface area contributed by atoms with Crippen molar-refractivity contribution in [1.29, 1.82) is 0 Å². The van der Waals surface area contributed by atoms with Crippen molar-refractivity contribution in [1.82, 2.24) is 25.3 Å². The predicted octanol–water partition coefficient (Wildman–Crippen LogP) is 1.41. The van der Waals surface area contributed by atoms with Crippen molar-refractivity contribution in [2.75, 3.05) is 39.3 Å². The number of piperazine rings is 1. The average molecular weight is 480 g/mol. The summed E-state index contributed by atoms with van der Waals surface area (Å²) in [6, 6.07) is 0. The van der Waals surface area contributed by atoms with Gasteiger partial charge >= 0.3 is 0 Å². The highest BCUT2D eigenvalue weighted by atomic mass is 127. The smallest absolute Gasteiger partial charge is 0.248 e. The Labute approximate surface area is 171 Å². The number of aliphatic imine (C=N–C) groups is 1. The van der Waals surface area contributed by atoms with E-state index in [9.17, 15) is 4.79 Å². The molecule has 26 heavy (non-hydrogen) atoms. The summed E-state index contributed by atoms with van der Waals surface area (Å²) in [5, 5.41) is 7.22. The molecule has 1 atom stereocenters. The highest BCUT2D eigenvalue weighted by Crippen LogP contribution is 2.13. The largest absolute Gasteiger partial charge is 0.371 e. The lowest BCUT2D eigenvalue weighted by Gasteiger charge is -2.36. The van der Waals surface area contributed by atoms with E-state index in [4.69, 9.17) is 9.26 Å². The lowest BCUT2D eigenvalue weighted by molar-refractivity contribution is -0.130. The van der Waals surface area contributed by atoms with Gasteiger partial charge in [-0.25, -0.2) is 4.99 Å². The van der Waals surface area contributed by atoms with Gasteiger partial charge < -0.3 is 24.4 Å². The molecule has 1 unspecified atom stereocenters. The van der Waals surface area contributed by atoms with Crippen LogP contribution in [-0.2, 0) is 16.1 Å². The normalized spacial score (nSPS) is 16.2. The Morgan fingerprint density at radius 2 is 1.96 bits per heavy atom. The number of carbonyl (C=O) groups excluding carboxylic acids is 1. The maximum absolute atomic E-state index is 11.4. The third-order valence-electron chi connectivity index (χ3n) is 3.99. The third-order valence-corrected chi connectivity index (χ3v) is 3.99. The molecule has 1 aliphatic heterocycles. The van der Waals surface area contributed by atoms with Crippen molar-refractivity contribution in [3.63, 3.8) is 0 Å². The number of hydrogen-bond acceptors (Lipinski definition) is 6. The fourth-order valence-electron chi connectivity index (χ4n) is 2.62. The van der Waals surface area contributed by atoms with Crippen molar-refractivity contribution >= 4 is 35.8 Å². The first-order valence-electron chi connectivity index (χ1n) is 8.78. The van der Waals surface area contributed by atoms with E-state index in [0.29, 0.717) is 38.0 Å². The van der Waals surface area contributed by atoms with Crippen LogP contribution < -0.4 is 5.32 Å². The van der Waals surface area contributed by atoms with Gasteiger partial charge in [-0.15, -0.1) is 24.0 Å². The molecule has 1 aromatic rings. The highest BCUT2D eigenvalue weighted by Gasteiger charge is 2.21. The minimum atomic E-state index is -0.195. The number of amides is 1. The molecule has 2 heterocycles. The zero-order valence-corrected chi connectivity index (χ0v) is 18.2. The summed E-state index contributed by atoms with van der Waals surface area (Å²) in [7, 11) is 0. The fourth-order valence-corrected chi connectivity index (χ4v) is 2.62.